The Morgan fingerprint density at radius 3 is 2.33 bits per heavy atom. The zero-order valence-corrected chi connectivity index (χ0v) is 14.5. The fourth-order valence-electron chi connectivity index (χ4n) is 2.23. The van der Waals surface area contributed by atoms with Gasteiger partial charge in [0.1, 0.15) is 5.82 Å². The number of carbonyl (C=O) groups is 1. The maximum atomic E-state index is 12.9. The van der Waals surface area contributed by atoms with Crippen molar-refractivity contribution in [1.29, 1.82) is 0 Å². The van der Waals surface area contributed by atoms with Gasteiger partial charge in [-0.05, 0) is 61.9 Å². The highest BCUT2D eigenvalue weighted by atomic mass is 32.2. The summed E-state index contributed by atoms with van der Waals surface area (Å²) in [6.07, 6.45) is 0. The Morgan fingerprint density at radius 2 is 1.75 bits per heavy atom. The first-order valence-corrected chi connectivity index (χ1v) is 8.80. The lowest BCUT2D eigenvalue weighted by molar-refractivity contribution is 0.0950. The second-order valence-corrected chi connectivity index (χ2v) is 7.29. The van der Waals surface area contributed by atoms with Crippen molar-refractivity contribution in [1.82, 2.24) is 10.0 Å². The van der Waals surface area contributed by atoms with Gasteiger partial charge in [0, 0.05) is 12.1 Å². The first kappa shape index (κ1) is 18.1. The average Bonchev–Trinajstić information content (AvgIpc) is 2.56. The molecule has 0 bridgehead atoms. The van der Waals surface area contributed by atoms with Crippen LogP contribution in [-0.4, -0.2) is 21.4 Å². The van der Waals surface area contributed by atoms with Crippen LogP contribution in [0.15, 0.2) is 41.3 Å². The molecule has 7 heteroatoms. The summed E-state index contributed by atoms with van der Waals surface area (Å²) in [5.74, 6) is -0.740. The van der Waals surface area contributed by atoms with Crippen molar-refractivity contribution in [2.75, 3.05) is 7.05 Å². The van der Waals surface area contributed by atoms with Crippen molar-refractivity contribution in [3.8, 4) is 0 Å². The molecule has 2 N–H and O–H groups in total. The molecule has 0 aromatic heterocycles. The Bertz CT molecular complexity index is 862. The summed E-state index contributed by atoms with van der Waals surface area (Å²) in [6.45, 7) is 3.67. The molecule has 2 rings (SSSR count). The van der Waals surface area contributed by atoms with Crippen LogP contribution in [0, 0.1) is 19.7 Å². The maximum absolute atomic E-state index is 12.9. The largest absolute Gasteiger partial charge is 0.348 e. The molecule has 0 radical (unpaired) electrons. The van der Waals surface area contributed by atoms with E-state index in [-0.39, 0.29) is 22.8 Å². The Morgan fingerprint density at radius 1 is 1.12 bits per heavy atom. The van der Waals surface area contributed by atoms with Crippen molar-refractivity contribution in [3.63, 3.8) is 0 Å². The van der Waals surface area contributed by atoms with E-state index in [0.29, 0.717) is 11.1 Å². The van der Waals surface area contributed by atoms with E-state index in [1.54, 1.807) is 32.0 Å². The number of sulfonamides is 1. The monoisotopic (exact) mass is 350 g/mol. The zero-order valence-electron chi connectivity index (χ0n) is 13.7. The number of benzene rings is 2. The maximum Gasteiger partial charge on any atom is 0.251 e. The van der Waals surface area contributed by atoms with E-state index < -0.39 is 15.9 Å². The number of aryl methyl sites for hydroxylation is 1. The molecule has 0 aliphatic heterocycles. The minimum absolute atomic E-state index is 0.0805. The Kier molecular flexibility index (Phi) is 5.36. The van der Waals surface area contributed by atoms with Crippen LogP contribution in [0.2, 0.25) is 0 Å². The van der Waals surface area contributed by atoms with Gasteiger partial charge in [0.15, 0.2) is 0 Å². The van der Waals surface area contributed by atoms with Crippen LogP contribution in [-0.2, 0) is 16.6 Å². The first-order chi connectivity index (χ1) is 11.2. The molecule has 0 saturated heterocycles. The van der Waals surface area contributed by atoms with Gasteiger partial charge in [-0.2, -0.15) is 0 Å². The molecule has 2 aromatic carbocycles. The number of halogens is 1. The summed E-state index contributed by atoms with van der Waals surface area (Å²) >= 11 is 0. The Labute approximate surface area is 141 Å². The summed E-state index contributed by atoms with van der Waals surface area (Å²) in [5.41, 5.74) is 2.31. The highest BCUT2D eigenvalue weighted by molar-refractivity contribution is 7.89. The van der Waals surface area contributed by atoms with Gasteiger partial charge < -0.3 is 5.32 Å². The lowest BCUT2D eigenvalue weighted by atomic mass is 10.1. The van der Waals surface area contributed by atoms with Crippen LogP contribution in [0.5, 0.6) is 0 Å². The SMILES string of the molecule is CNS(=O)(=O)c1cc(C(=O)NCc2ccc(F)cc2)cc(C)c1C. The fraction of sp³-hybridized carbons (Fsp3) is 0.235. The van der Waals surface area contributed by atoms with Gasteiger partial charge in [-0.25, -0.2) is 17.5 Å². The topological polar surface area (TPSA) is 75.3 Å². The van der Waals surface area contributed by atoms with Gasteiger partial charge >= 0.3 is 0 Å². The minimum atomic E-state index is -3.65. The number of rotatable bonds is 5. The molecule has 0 atom stereocenters. The predicted molar refractivity (Wildman–Crippen MR) is 89.7 cm³/mol. The Balaban J connectivity index is 2.25. The van der Waals surface area contributed by atoms with E-state index in [1.807, 2.05) is 0 Å². The second-order valence-electron chi connectivity index (χ2n) is 5.43. The molecule has 0 aliphatic carbocycles. The van der Waals surface area contributed by atoms with Crippen LogP contribution < -0.4 is 10.0 Å². The highest BCUT2D eigenvalue weighted by Gasteiger charge is 2.19. The fourth-order valence-corrected chi connectivity index (χ4v) is 3.30. The molecule has 5 nitrogen and oxygen atoms in total. The molecule has 1 amide bonds. The number of carbonyl (C=O) groups excluding carboxylic acids is 1. The van der Waals surface area contributed by atoms with Crippen LogP contribution >= 0.6 is 0 Å². The van der Waals surface area contributed by atoms with Crippen LogP contribution in [0.4, 0.5) is 4.39 Å². The predicted octanol–water partition coefficient (Wildman–Crippen LogP) is 2.28. The van der Waals surface area contributed by atoms with E-state index in [0.717, 1.165) is 5.56 Å². The number of hydrogen-bond acceptors (Lipinski definition) is 3. The third-order valence-electron chi connectivity index (χ3n) is 3.81. The van der Waals surface area contributed by atoms with E-state index >= 15 is 0 Å². The molecule has 0 heterocycles. The zero-order chi connectivity index (χ0) is 17.9. The van der Waals surface area contributed by atoms with Crippen molar-refractivity contribution >= 4 is 15.9 Å². The summed E-state index contributed by atoms with van der Waals surface area (Å²) in [5, 5.41) is 2.70. The molecule has 0 saturated carbocycles. The molecule has 0 unspecified atom stereocenters. The number of amides is 1. The summed E-state index contributed by atoms with van der Waals surface area (Å²) in [7, 11) is -2.33. The molecular formula is C17H19FN2O3S. The lowest BCUT2D eigenvalue weighted by Gasteiger charge is -2.12. The van der Waals surface area contributed by atoms with Gasteiger partial charge in [0.05, 0.1) is 4.90 Å². The number of hydrogen-bond donors (Lipinski definition) is 2. The van der Waals surface area contributed by atoms with E-state index in [4.69, 9.17) is 0 Å². The van der Waals surface area contributed by atoms with Gasteiger partial charge in [0.2, 0.25) is 10.0 Å². The molecular weight excluding hydrogens is 331 g/mol. The smallest absolute Gasteiger partial charge is 0.251 e. The normalized spacial score (nSPS) is 11.3. The van der Waals surface area contributed by atoms with Gasteiger partial charge in [-0.15, -0.1) is 0 Å². The third-order valence-corrected chi connectivity index (χ3v) is 5.35. The second kappa shape index (κ2) is 7.11. The van der Waals surface area contributed by atoms with Gasteiger partial charge in [-0.3, -0.25) is 4.79 Å². The van der Waals surface area contributed by atoms with Crippen LogP contribution in [0.3, 0.4) is 0 Å². The lowest BCUT2D eigenvalue weighted by Crippen LogP contribution is -2.25. The van der Waals surface area contributed by atoms with Gasteiger partial charge in [-0.1, -0.05) is 12.1 Å². The molecule has 128 valence electrons. The van der Waals surface area contributed by atoms with Crippen LogP contribution in [0.25, 0.3) is 0 Å². The summed E-state index contributed by atoms with van der Waals surface area (Å²) in [4.78, 5) is 12.4. The van der Waals surface area contributed by atoms with Crippen molar-refractivity contribution in [2.45, 2.75) is 25.3 Å². The standard InChI is InChI=1S/C17H19FN2O3S/c1-11-8-14(9-16(12(11)2)24(22,23)19-3)17(21)20-10-13-4-6-15(18)7-5-13/h4-9,19H,10H2,1-3H3,(H,20,21). The molecule has 24 heavy (non-hydrogen) atoms. The van der Waals surface area contributed by atoms with Crippen molar-refractivity contribution in [3.05, 3.63) is 64.5 Å². The highest BCUT2D eigenvalue weighted by Crippen LogP contribution is 2.21. The average molecular weight is 350 g/mol. The van der Waals surface area contributed by atoms with Crippen molar-refractivity contribution < 1.29 is 17.6 Å². The van der Waals surface area contributed by atoms with Crippen molar-refractivity contribution in [2.24, 2.45) is 0 Å². The molecule has 0 fully saturated rings. The van der Waals surface area contributed by atoms with E-state index in [2.05, 4.69) is 10.0 Å². The molecule has 0 aliphatic rings. The van der Waals surface area contributed by atoms with Gasteiger partial charge in [0.25, 0.3) is 5.91 Å². The molecule has 2 aromatic rings. The quantitative estimate of drug-likeness (QED) is 0.869. The Hall–Kier alpha value is -2.25. The third kappa shape index (κ3) is 3.98. The van der Waals surface area contributed by atoms with E-state index in [9.17, 15) is 17.6 Å². The molecule has 0 spiro atoms. The number of nitrogens with one attached hydrogen (secondary N) is 2. The first-order valence-electron chi connectivity index (χ1n) is 7.32. The van der Waals surface area contributed by atoms with Crippen LogP contribution in [0.1, 0.15) is 27.0 Å². The van der Waals surface area contributed by atoms with E-state index in [1.165, 1.54) is 25.2 Å². The summed E-state index contributed by atoms with van der Waals surface area (Å²) < 4.78 is 39.3. The summed E-state index contributed by atoms with van der Waals surface area (Å²) in [6, 6.07) is 8.78. The minimum Gasteiger partial charge on any atom is -0.348 e.